The summed E-state index contributed by atoms with van der Waals surface area (Å²) in [5, 5.41) is 44.3. The molecule has 0 unspecified atom stereocenters. The van der Waals surface area contributed by atoms with Crippen LogP contribution in [0.15, 0.2) is 59.1 Å². The van der Waals surface area contributed by atoms with Crippen molar-refractivity contribution >= 4 is 38.3 Å². The molecule has 34 heavy (non-hydrogen) atoms. The molecule has 0 saturated carbocycles. The number of aliphatic hydroxyl groups excluding tert-OH is 4. The molecule has 0 aliphatic carbocycles. The van der Waals surface area contributed by atoms with Crippen LogP contribution in [0.4, 0.5) is 5.69 Å². The predicted octanol–water partition coefficient (Wildman–Crippen LogP) is 2.04. The maximum atomic E-state index is 13.3. The molecule has 1 saturated heterocycles. The van der Waals surface area contributed by atoms with Gasteiger partial charge >= 0.3 is 0 Å². The molecule has 1 aliphatic rings. The van der Waals surface area contributed by atoms with Gasteiger partial charge < -0.3 is 40.0 Å². The normalized spacial score (nSPS) is 24.6. The molecular formula is C24H24BrNO8. The summed E-state index contributed by atoms with van der Waals surface area (Å²) in [6, 6.07) is 15.6. The van der Waals surface area contributed by atoms with Gasteiger partial charge in [-0.15, -0.1) is 0 Å². The molecule has 3 aromatic carbocycles. The summed E-state index contributed by atoms with van der Waals surface area (Å²) in [6.07, 6.45) is -7.35. The molecule has 4 rings (SSSR count). The highest BCUT2D eigenvalue weighted by molar-refractivity contribution is 9.10. The van der Waals surface area contributed by atoms with E-state index in [-0.39, 0.29) is 11.3 Å². The van der Waals surface area contributed by atoms with Gasteiger partial charge in [0.1, 0.15) is 35.9 Å². The summed E-state index contributed by atoms with van der Waals surface area (Å²) in [5.74, 6) is 0.0355. The average Bonchev–Trinajstić information content (AvgIpc) is 2.84. The lowest BCUT2D eigenvalue weighted by atomic mass is 9.99. The van der Waals surface area contributed by atoms with Crippen LogP contribution < -0.4 is 14.8 Å². The van der Waals surface area contributed by atoms with Gasteiger partial charge in [-0.2, -0.15) is 0 Å². The fourth-order valence-corrected chi connectivity index (χ4v) is 4.13. The van der Waals surface area contributed by atoms with Crippen LogP contribution in [0.1, 0.15) is 10.4 Å². The van der Waals surface area contributed by atoms with Crippen LogP contribution in [0.3, 0.4) is 0 Å². The Morgan fingerprint density at radius 2 is 1.76 bits per heavy atom. The molecule has 0 radical (unpaired) electrons. The predicted molar refractivity (Wildman–Crippen MR) is 127 cm³/mol. The highest BCUT2D eigenvalue weighted by Gasteiger charge is 2.45. The van der Waals surface area contributed by atoms with Gasteiger partial charge in [-0.05, 0) is 47.2 Å². The minimum atomic E-state index is -1.62. The van der Waals surface area contributed by atoms with E-state index in [0.717, 1.165) is 15.2 Å². The van der Waals surface area contributed by atoms with E-state index in [1.165, 1.54) is 7.11 Å². The monoisotopic (exact) mass is 533 g/mol. The Morgan fingerprint density at radius 3 is 2.50 bits per heavy atom. The van der Waals surface area contributed by atoms with Crippen molar-refractivity contribution < 1.29 is 39.4 Å². The molecule has 1 aliphatic heterocycles. The first-order chi connectivity index (χ1) is 16.3. The number of rotatable bonds is 6. The number of carbonyl (C=O) groups excluding carboxylic acids is 1. The lowest BCUT2D eigenvalue weighted by Crippen LogP contribution is -2.60. The van der Waals surface area contributed by atoms with Crippen LogP contribution in [-0.4, -0.2) is 70.8 Å². The number of nitrogens with one attached hydrogen (secondary N) is 1. The minimum absolute atomic E-state index is 0.0755. The SMILES string of the molecule is COc1ccccc1NC(=O)c1cc2cc(Br)ccc2cc1O[C@H]1O[C@@H](CO)[C@H](O)[C@@H](O)[C@@H]1O. The Hall–Kier alpha value is -2.73. The summed E-state index contributed by atoms with van der Waals surface area (Å²) in [5.41, 5.74) is 0.580. The molecule has 10 heteroatoms. The fourth-order valence-electron chi connectivity index (χ4n) is 3.75. The molecule has 0 aromatic heterocycles. The quantitative estimate of drug-likeness (QED) is 0.324. The number of amides is 1. The van der Waals surface area contributed by atoms with Gasteiger partial charge in [0.05, 0.1) is 25.0 Å². The Balaban J connectivity index is 1.72. The van der Waals surface area contributed by atoms with Crippen molar-refractivity contribution in [1.82, 2.24) is 0 Å². The lowest BCUT2D eigenvalue weighted by Gasteiger charge is -2.39. The molecule has 0 spiro atoms. The third-order valence-corrected chi connectivity index (χ3v) is 6.09. The first-order valence-corrected chi connectivity index (χ1v) is 11.3. The molecule has 5 N–H and O–H groups in total. The van der Waals surface area contributed by atoms with Crippen molar-refractivity contribution in [2.24, 2.45) is 0 Å². The van der Waals surface area contributed by atoms with Crippen molar-refractivity contribution in [2.45, 2.75) is 30.7 Å². The molecule has 1 amide bonds. The summed E-state index contributed by atoms with van der Waals surface area (Å²) in [4.78, 5) is 13.3. The van der Waals surface area contributed by atoms with Crippen LogP contribution in [-0.2, 0) is 4.74 Å². The third-order valence-electron chi connectivity index (χ3n) is 5.59. The van der Waals surface area contributed by atoms with Crippen LogP contribution in [0.25, 0.3) is 10.8 Å². The fraction of sp³-hybridized carbons (Fsp3) is 0.292. The number of halogens is 1. The molecule has 9 nitrogen and oxygen atoms in total. The van der Waals surface area contributed by atoms with E-state index in [1.807, 2.05) is 18.2 Å². The van der Waals surface area contributed by atoms with Crippen molar-refractivity contribution in [3.8, 4) is 11.5 Å². The average molecular weight is 534 g/mol. The number of para-hydroxylation sites is 2. The second-order valence-corrected chi connectivity index (χ2v) is 8.73. The second kappa shape index (κ2) is 10.3. The van der Waals surface area contributed by atoms with Crippen LogP contribution in [0.5, 0.6) is 11.5 Å². The highest BCUT2D eigenvalue weighted by atomic mass is 79.9. The Kier molecular flexibility index (Phi) is 7.36. The zero-order valence-corrected chi connectivity index (χ0v) is 19.7. The molecule has 5 atom stereocenters. The van der Waals surface area contributed by atoms with Gasteiger partial charge in [0.15, 0.2) is 0 Å². The van der Waals surface area contributed by atoms with E-state index in [9.17, 15) is 25.2 Å². The van der Waals surface area contributed by atoms with Crippen LogP contribution in [0.2, 0.25) is 0 Å². The van der Waals surface area contributed by atoms with Gasteiger partial charge in [-0.1, -0.05) is 34.1 Å². The van der Waals surface area contributed by atoms with Gasteiger partial charge in [-0.25, -0.2) is 0 Å². The molecule has 1 heterocycles. The number of carbonyl (C=O) groups is 1. The van der Waals surface area contributed by atoms with Crippen LogP contribution >= 0.6 is 15.9 Å². The van der Waals surface area contributed by atoms with E-state index >= 15 is 0 Å². The summed E-state index contributed by atoms with van der Waals surface area (Å²) >= 11 is 3.42. The molecule has 180 valence electrons. The van der Waals surface area contributed by atoms with Crippen molar-refractivity contribution in [1.29, 1.82) is 0 Å². The number of anilines is 1. The zero-order chi connectivity index (χ0) is 24.4. The summed E-state index contributed by atoms with van der Waals surface area (Å²) < 4.78 is 17.4. The maximum Gasteiger partial charge on any atom is 0.259 e. The maximum absolute atomic E-state index is 13.3. The Labute approximate surface area is 203 Å². The standard InChI is InChI=1S/C24H24BrNO8/c1-32-17-5-3-2-4-16(17)26-23(31)15-9-13-8-14(25)7-6-12(13)10-18(15)33-24-22(30)21(29)20(28)19(11-27)34-24/h2-10,19-22,24,27-30H,11H2,1H3,(H,26,31)/t19-,20-,21+,22-,24-/m0/s1. The number of methoxy groups -OCH3 is 1. The number of ether oxygens (including phenoxy) is 3. The van der Waals surface area contributed by atoms with E-state index in [4.69, 9.17) is 14.2 Å². The smallest absolute Gasteiger partial charge is 0.259 e. The topological polar surface area (TPSA) is 138 Å². The van der Waals surface area contributed by atoms with E-state index in [1.54, 1.807) is 36.4 Å². The number of benzene rings is 3. The first-order valence-electron chi connectivity index (χ1n) is 10.5. The largest absolute Gasteiger partial charge is 0.495 e. The zero-order valence-electron chi connectivity index (χ0n) is 18.1. The van der Waals surface area contributed by atoms with Crippen molar-refractivity contribution in [2.75, 3.05) is 19.0 Å². The van der Waals surface area contributed by atoms with Crippen molar-refractivity contribution in [3.05, 3.63) is 64.6 Å². The molecule has 0 bridgehead atoms. The Morgan fingerprint density at radius 1 is 1.00 bits per heavy atom. The van der Waals surface area contributed by atoms with E-state index < -0.39 is 43.2 Å². The van der Waals surface area contributed by atoms with Crippen molar-refractivity contribution in [3.63, 3.8) is 0 Å². The molecular weight excluding hydrogens is 510 g/mol. The van der Waals surface area contributed by atoms with E-state index in [0.29, 0.717) is 11.4 Å². The highest BCUT2D eigenvalue weighted by Crippen LogP contribution is 2.33. The number of hydrogen-bond acceptors (Lipinski definition) is 8. The summed E-state index contributed by atoms with van der Waals surface area (Å²) in [6.45, 7) is -0.600. The van der Waals surface area contributed by atoms with Gasteiger partial charge in [0, 0.05) is 4.47 Å². The number of fused-ring (bicyclic) bond motifs is 1. The Bertz CT molecular complexity index is 1190. The number of aliphatic hydroxyl groups is 4. The third kappa shape index (κ3) is 4.88. The molecule has 3 aromatic rings. The number of hydrogen-bond donors (Lipinski definition) is 5. The minimum Gasteiger partial charge on any atom is -0.495 e. The van der Waals surface area contributed by atoms with E-state index in [2.05, 4.69) is 21.2 Å². The van der Waals surface area contributed by atoms with Crippen LogP contribution in [0, 0.1) is 0 Å². The summed E-state index contributed by atoms with van der Waals surface area (Å²) in [7, 11) is 1.49. The first kappa shape index (κ1) is 24.4. The lowest BCUT2D eigenvalue weighted by molar-refractivity contribution is -0.277. The molecule has 1 fully saturated rings. The second-order valence-electron chi connectivity index (χ2n) is 7.81. The van der Waals surface area contributed by atoms with Gasteiger partial charge in [0.2, 0.25) is 6.29 Å². The van der Waals surface area contributed by atoms with Gasteiger partial charge in [0.25, 0.3) is 5.91 Å². The van der Waals surface area contributed by atoms with Gasteiger partial charge in [-0.3, -0.25) is 4.79 Å².